The summed E-state index contributed by atoms with van der Waals surface area (Å²) in [6, 6.07) is 7.01. The Kier molecular flexibility index (Phi) is 4.22. The van der Waals surface area contributed by atoms with Gasteiger partial charge in [0, 0.05) is 21.6 Å². The van der Waals surface area contributed by atoms with Crippen LogP contribution in [0.15, 0.2) is 34.9 Å². The normalized spacial score (nSPS) is 17.8. The number of fused-ring (bicyclic) bond motifs is 1. The molecule has 1 N–H and O–H groups in total. The van der Waals surface area contributed by atoms with Gasteiger partial charge in [0.15, 0.2) is 0 Å². The van der Waals surface area contributed by atoms with E-state index in [1.165, 1.54) is 6.42 Å². The van der Waals surface area contributed by atoms with E-state index in [4.69, 9.17) is 0 Å². The minimum atomic E-state index is -0.800. The van der Waals surface area contributed by atoms with Crippen LogP contribution in [0.1, 0.15) is 30.9 Å². The highest BCUT2D eigenvalue weighted by molar-refractivity contribution is 9.10. The topological polar surface area (TPSA) is 53.4 Å². The third-order valence-electron chi connectivity index (χ3n) is 4.03. The van der Waals surface area contributed by atoms with Gasteiger partial charge in [0.05, 0.1) is 5.52 Å². The predicted octanol–water partition coefficient (Wildman–Crippen LogP) is 3.61. The first kappa shape index (κ1) is 14.5. The average molecular weight is 349 g/mol. The number of benzene rings is 1. The van der Waals surface area contributed by atoms with E-state index in [1.807, 2.05) is 24.3 Å². The van der Waals surface area contributed by atoms with Crippen molar-refractivity contribution >= 4 is 32.8 Å². The maximum Gasteiger partial charge on any atom is 0.325 e. The summed E-state index contributed by atoms with van der Waals surface area (Å²) in [7, 11) is 0. The van der Waals surface area contributed by atoms with E-state index in [0.717, 1.165) is 46.9 Å². The van der Waals surface area contributed by atoms with Crippen molar-refractivity contribution in [2.45, 2.75) is 25.3 Å². The molecule has 1 aromatic carbocycles. The molecule has 1 aliphatic heterocycles. The Hall–Kier alpha value is -1.46. The first-order chi connectivity index (χ1) is 10.2. The van der Waals surface area contributed by atoms with Crippen molar-refractivity contribution in [1.82, 2.24) is 9.88 Å². The number of pyridine rings is 1. The number of carboxylic acid groups (broad SMARTS) is 1. The second kappa shape index (κ2) is 6.12. The van der Waals surface area contributed by atoms with Gasteiger partial charge in [-0.25, -0.2) is 0 Å². The lowest BCUT2D eigenvalue weighted by molar-refractivity contribution is -0.144. The van der Waals surface area contributed by atoms with Crippen molar-refractivity contribution < 1.29 is 9.90 Å². The maximum atomic E-state index is 11.8. The van der Waals surface area contributed by atoms with E-state index < -0.39 is 12.0 Å². The Morgan fingerprint density at radius 3 is 2.71 bits per heavy atom. The van der Waals surface area contributed by atoms with Gasteiger partial charge >= 0.3 is 5.97 Å². The van der Waals surface area contributed by atoms with Gasteiger partial charge in [-0.2, -0.15) is 0 Å². The molecule has 2 aromatic rings. The molecular formula is C16H17BrN2O2. The minimum Gasteiger partial charge on any atom is -0.480 e. The summed E-state index contributed by atoms with van der Waals surface area (Å²) in [5.41, 5.74) is 1.55. The molecule has 5 heteroatoms. The lowest BCUT2D eigenvalue weighted by atomic mass is 9.99. The molecule has 0 aliphatic carbocycles. The number of hydrogen-bond acceptors (Lipinski definition) is 3. The molecule has 21 heavy (non-hydrogen) atoms. The summed E-state index contributed by atoms with van der Waals surface area (Å²) >= 11 is 3.51. The summed E-state index contributed by atoms with van der Waals surface area (Å²) in [6.07, 6.45) is 5.02. The van der Waals surface area contributed by atoms with Gasteiger partial charge < -0.3 is 5.11 Å². The lowest BCUT2D eigenvalue weighted by Gasteiger charge is -2.32. The standard InChI is InChI=1S/C16H17BrN2O2/c17-13-7-6-12(14-11(13)5-4-8-18-14)15(16(20)21)19-9-2-1-3-10-19/h4-8,15H,1-3,9-10H2,(H,20,21). The SMILES string of the molecule is O=C(O)C(c1ccc(Br)c2cccnc12)N1CCCCC1. The van der Waals surface area contributed by atoms with E-state index in [1.54, 1.807) is 6.20 Å². The fourth-order valence-electron chi connectivity index (χ4n) is 3.04. The van der Waals surface area contributed by atoms with Crippen molar-refractivity contribution in [3.8, 4) is 0 Å². The fourth-order valence-corrected chi connectivity index (χ4v) is 3.49. The number of aromatic nitrogens is 1. The molecule has 1 unspecified atom stereocenters. The molecule has 1 atom stereocenters. The van der Waals surface area contributed by atoms with Gasteiger partial charge in [0.25, 0.3) is 0 Å². The van der Waals surface area contributed by atoms with Gasteiger partial charge in [0.1, 0.15) is 6.04 Å². The lowest BCUT2D eigenvalue weighted by Crippen LogP contribution is -2.38. The van der Waals surface area contributed by atoms with Gasteiger partial charge in [-0.15, -0.1) is 0 Å². The third-order valence-corrected chi connectivity index (χ3v) is 4.72. The molecule has 0 amide bonds. The van der Waals surface area contributed by atoms with Crippen LogP contribution < -0.4 is 0 Å². The smallest absolute Gasteiger partial charge is 0.325 e. The molecule has 2 heterocycles. The monoisotopic (exact) mass is 348 g/mol. The van der Waals surface area contributed by atoms with Crippen LogP contribution in [-0.2, 0) is 4.79 Å². The van der Waals surface area contributed by atoms with Crippen LogP contribution in [0, 0.1) is 0 Å². The highest BCUT2D eigenvalue weighted by Gasteiger charge is 2.30. The van der Waals surface area contributed by atoms with Crippen molar-refractivity contribution in [2.24, 2.45) is 0 Å². The molecule has 1 aliphatic rings. The van der Waals surface area contributed by atoms with Crippen LogP contribution in [0.4, 0.5) is 0 Å². The Morgan fingerprint density at radius 2 is 2.00 bits per heavy atom. The van der Waals surface area contributed by atoms with Crippen molar-refractivity contribution in [3.05, 3.63) is 40.5 Å². The van der Waals surface area contributed by atoms with Crippen LogP contribution in [0.3, 0.4) is 0 Å². The molecule has 0 bridgehead atoms. The Bertz CT molecular complexity index is 668. The second-order valence-corrected chi connectivity index (χ2v) is 6.23. The van der Waals surface area contributed by atoms with E-state index in [0.29, 0.717) is 0 Å². The van der Waals surface area contributed by atoms with Gasteiger partial charge in [0.2, 0.25) is 0 Å². The molecule has 0 saturated carbocycles. The highest BCUT2D eigenvalue weighted by Crippen LogP contribution is 2.32. The van der Waals surface area contributed by atoms with E-state index in [9.17, 15) is 9.90 Å². The molecule has 1 fully saturated rings. The number of hydrogen-bond donors (Lipinski definition) is 1. The Balaban J connectivity index is 2.11. The second-order valence-electron chi connectivity index (χ2n) is 5.37. The van der Waals surface area contributed by atoms with Gasteiger partial charge in [-0.1, -0.05) is 34.5 Å². The predicted molar refractivity (Wildman–Crippen MR) is 85.2 cm³/mol. The number of likely N-dealkylation sites (tertiary alicyclic amines) is 1. The quantitative estimate of drug-likeness (QED) is 0.920. The molecule has 1 saturated heterocycles. The first-order valence-electron chi connectivity index (χ1n) is 7.18. The molecular weight excluding hydrogens is 332 g/mol. The molecule has 110 valence electrons. The summed E-state index contributed by atoms with van der Waals surface area (Å²) in [6.45, 7) is 1.67. The van der Waals surface area contributed by atoms with Crippen LogP contribution in [0.2, 0.25) is 0 Å². The van der Waals surface area contributed by atoms with Crippen molar-refractivity contribution in [2.75, 3.05) is 13.1 Å². The number of piperidine rings is 1. The summed E-state index contributed by atoms with van der Waals surface area (Å²) in [5.74, 6) is -0.800. The number of rotatable bonds is 3. The van der Waals surface area contributed by atoms with E-state index in [-0.39, 0.29) is 0 Å². The zero-order valence-corrected chi connectivity index (χ0v) is 13.2. The van der Waals surface area contributed by atoms with E-state index >= 15 is 0 Å². The molecule has 4 nitrogen and oxygen atoms in total. The number of halogens is 1. The van der Waals surface area contributed by atoms with E-state index in [2.05, 4.69) is 25.8 Å². The number of nitrogens with zero attached hydrogens (tertiary/aromatic N) is 2. The molecule has 1 aromatic heterocycles. The maximum absolute atomic E-state index is 11.8. The number of carboxylic acids is 1. The van der Waals surface area contributed by atoms with Crippen molar-refractivity contribution in [3.63, 3.8) is 0 Å². The Morgan fingerprint density at radius 1 is 1.24 bits per heavy atom. The van der Waals surface area contributed by atoms with Gasteiger partial charge in [-0.05, 0) is 38.1 Å². The molecule has 0 spiro atoms. The zero-order valence-electron chi connectivity index (χ0n) is 11.6. The fraction of sp³-hybridized carbons (Fsp3) is 0.375. The molecule has 3 rings (SSSR count). The van der Waals surface area contributed by atoms with Crippen LogP contribution in [0.5, 0.6) is 0 Å². The third kappa shape index (κ3) is 2.80. The van der Waals surface area contributed by atoms with Crippen LogP contribution in [-0.4, -0.2) is 34.0 Å². The minimum absolute atomic E-state index is 0.615. The molecule has 0 radical (unpaired) electrons. The number of carbonyl (C=O) groups is 1. The average Bonchev–Trinajstić information content (AvgIpc) is 2.51. The Labute approximate surface area is 131 Å². The largest absolute Gasteiger partial charge is 0.480 e. The first-order valence-corrected chi connectivity index (χ1v) is 7.98. The van der Waals surface area contributed by atoms with Crippen LogP contribution >= 0.6 is 15.9 Å². The van der Waals surface area contributed by atoms with Gasteiger partial charge in [-0.3, -0.25) is 14.7 Å². The highest BCUT2D eigenvalue weighted by atomic mass is 79.9. The zero-order chi connectivity index (χ0) is 14.8. The summed E-state index contributed by atoms with van der Waals surface area (Å²) < 4.78 is 0.942. The summed E-state index contributed by atoms with van der Waals surface area (Å²) in [5, 5.41) is 10.7. The van der Waals surface area contributed by atoms with Crippen LogP contribution in [0.25, 0.3) is 10.9 Å². The number of aliphatic carboxylic acids is 1. The summed E-state index contributed by atoms with van der Waals surface area (Å²) in [4.78, 5) is 18.3. The van der Waals surface area contributed by atoms with Crippen molar-refractivity contribution in [1.29, 1.82) is 0 Å².